The standard InChI is InChI=1S/C27H29F2N3O4S/c1-19(2)30-27(34)20(3)31(17-21-9-7-8-12-25(21)29)26(33)18-32(23-15-13-22(28)14-16-23)37(35,36)24-10-5-4-6-11-24/h4-16,19-20H,17-18H2,1-3H3,(H,30,34). The maximum atomic E-state index is 14.5. The summed E-state index contributed by atoms with van der Waals surface area (Å²) in [5.41, 5.74) is 0.225. The number of hydrogen-bond donors (Lipinski definition) is 1. The molecule has 7 nitrogen and oxygen atoms in total. The van der Waals surface area contributed by atoms with Crippen LogP contribution in [0.4, 0.5) is 14.5 Å². The highest BCUT2D eigenvalue weighted by Gasteiger charge is 2.33. The van der Waals surface area contributed by atoms with Crippen molar-refractivity contribution in [3.63, 3.8) is 0 Å². The first-order chi connectivity index (χ1) is 17.5. The molecule has 0 spiro atoms. The Balaban J connectivity index is 2.02. The van der Waals surface area contributed by atoms with Crippen LogP contribution in [0.25, 0.3) is 0 Å². The summed E-state index contributed by atoms with van der Waals surface area (Å²) < 4.78 is 56.1. The van der Waals surface area contributed by atoms with Crippen molar-refractivity contribution in [2.75, 3.05) is 10.8 Å². The Hall–Kier alpha value is -3.79. The summed E-state index contributed by atoms with van der Waals surface area (Å²) in [4.78, 5) is 27.5. The minimum absolute atomic E-state index is 0.0590. The molecular weight excluding hydrogens is 500 g/mol. The molecule has 1 N–H and O–H groups in total. The second-order valence-corrected chi connectivity index (χ2v) is 10.6. The number of amides is 2. The van der Waals surface area contributed by atoms with Gasteiger partial charge in [0.25, 0.3) is 10.0 Å². The van der Waals surface area contributed by atoms with Crippen molar-refractivity contribution in [2.24, 2.45) is 0 Å². The molecule has 0 aliphatic heterocycles. The van der Waals surface area contributed by atoms with Gasteiger partial charge >= 0.3 is 0 Å². The zero-order chi connectivity index (χ0) is 27.2. The molecular formula is C27H29F2N3O4S. The molecule has 2 amide bonds. The van der Waals surface area contributed by atoms with Crippen LogP contribution in [-0.2, 0) is 26.2 Å². The third-order valence-electron chi connectivity index (χ3n) is 5.62. The van der Waals surface area contributed by atoms with Crippen molar-refractivity contribution in [2.45, 2.75) is 44.3 Å². The molecule has 196 valence electrons. The molecule has 0 saturated carbocycles. The van der Waals surface area contributed by atoms with E-state index in [4.69, 9.17) is 0 Å². The van der Waals surface area contributed by atoms with Crippen molar-refractivity contribution in [1.29, 1.82) is 0 Å². The average molecular weight is 530 g/mol. The molecule has 0 heterocycles. The van der Waals surface area contributed by atoms with Gasteiger partial charge in [-0.15, -0.1) is 0 Å². The van der Waals surface area contributed by atoms with E-state index in [0.717, 1.165) is 21.3 Å². The van der Waals surface area contributed by atoms with Crippen molar-refractivity contribution in [1.82, 2.24) is 10.2 Å². The maximum absolute atomic E-state index is 14.5. The smallest absolute Gasteiger partial charge is 0.264 e. The van der Waals surface area contributed by atoms with E-state index in [0.29, 0.717) is 0 Å². The van der Waals surface area contributed by atoms with Gasteiger partial charge in [-0.2, -0.15) is 0 Å². The van der Waals surface area contributed by atoms with Gasteiger partial charge < -0.3 is 10.2 Å². The molecule has 0 aromatic heterocycles. The Kier molecular flexibility index (Phi) is 8.99. The summed E-state index contributed by atoms with van der Waals surface area (Å²) in [7, 11) is -4.25. The van der Waals surface area contributed by atoms with Crippen LogP contribution in [-0.4, -0.2) is 43.8 Å². The predicted octanol–water partition coefficient (Wildman–Crippen LogP) is 4.10. The summed E-state index contributed by atoms with van der Waals surface area (Å²) in [6, 6.07) is 16.7. The van der Waals surface area contributed by atoms with Crippen LogP contribution in [0.15, 0.2) is 83.8 Å². The molecule has 3 rings (SSSR count). The van der Waals surface area contributed by atoms with Crippen LogP contribution >= 0.6 is 0 Å². The van der Waals surface area contributed by atoms with Gasteiger partial charge in [0, 0.05) is 18.2 Å². The van der Waals surface area contributed by atoms with Crippen LogP contribution < -0.4 is 9.62 Å². The van der Waals surface area contributed by atoms with Crippen molar-refractivity contribution >= 4 is 27.5 Å². The Morgan fingerprint density at radius 3 is 2.05 bits per heavy atom. The van der Waals surface area contributed by atoms with Crippen LogP contribution in [0, 0.1) is 11.6 Å². The summed E-state index contributed by atoms with van der Waals surface area (Å²) >= 11 is 0. The lowest BCUT2D eigenvalue weighted by atomic mass is 10.1. The second-order valence-electron chi connectivity index (χ2n) is 8.75. The van der Waals surface area contributed by atoms with Crippen LogP contribution in [0.5, 0.6) is 0 Å². The molecule has 1 atom stereocenters. The Morgan fingerprint density at radius 2 is 1.46 bits per heavy atom. The van der Waals surface area contributed by atoms with E-state index in [-0.39, 0.29) is 28.7 Å². The molecule has 3 aromatic rings. The quantitative estimate of drug-likeness (QED) is 0.429. The zero-order valence-corrected chi connectivity index (χ0v) is 21.6. The summed E-state index contributed by atoms with van der Waals surface area (Å²) in [5.74, 6) is -2.35. The van der Waals surface area contributed by atoms with Gasteiger partial charge in [0.2, 0.25) is 11.8 Å². The number of hydrogen-bond acceptors (Lipinski definition) is 4. The molecule has 37 heavy (non-hydrogen) atoms. The Bertz CT molecular complexity index is 1330. The van der Waals surface area contributed by atoms with E-state index in [9.17, 15) is 26.8 Å². The maximum Gasteiger partial charge on any atom is 0.264 e. The summed E-state index contributed by atoms with van der Waals surface area (Å²) in [6.45, 7) is 4.05. The number of carbonyl (C=O) groups excluding carboxylic acids is 2. The molecule has 0 aliphatic rings. The highest BCUT2D eigenvalue weighted by Crippen LogP contribution is 2.25. The fraction of sp³-hybridized carbons (Fsp3) is 0.259. The average Bonchev–Trinajstić information content (AvgIpc) is 2.87. The van der Waals surface area contributed by atoms with E-state index in [1.165, 1.54) is 49.4 Å². The lowest BCUT2D eigenvalue weighted by molar-refractivity contribution is -0.139. The fourth-order valence-electron chi connectivity index (χ4n) is 3.65. The molecule has 3 aromatic carbocycles. The monoisotopic (exact) mass is 529 g/mol. The molecule has 0 bridgehead atoms. The molecule has 0 aliphatic carbocycles. The number of nitrogens with zero attached hydrogens (tertiary/aromatic N) is 2. The first kappa shape index (κ1) is 27.8. The highest BCUT2D eigenvalue weighted by molar-refractivity contribution is 7.92. The van der Waals surface area contributed by atoms with Crippen LogP contribution in [0.1, 0.15) is 26.3 Å². The lowest BCUT2D eigenvalue weighted by Gasteiger charge is -2.32. The molecule has 0 radical (unpaired) electrons. The molecule has 0 saturated heterocycles. The van der Waals surface area contributed by atoms with E-state index in [1.807, 2.05) is 0 Å². The largest absolute Gasteiger partial charge is 0.352 e. The van der Waals surface area contributed by atoms with Gasteiger partial charge in [0.1, 0.15) is 24.2 Å². The predicted molar refractivity (Wildman–Crippen MR) is 137 cm³/mol. The first-order valence-electron chi connectivity index (χ1n) is 11.7. The number of nitrogens with one attached hydrogen (secondary N) is 1. The highest BCUT2D eigenvalue weighted by atomic mass is 32.2. The zero-order valence-electron chi connectivity index (χ0n) is 20.8. The van der Waals surface area contributed by atoms with E-state index in [2.05, 4.69) is 5.32 Å². The number of carbonyl (C=O) groups is 2. The number of halogens is 2. The lowest BCUT2D eigenvalue weighted by Crippen LogP contribution is -2.52. The van der Waals surface area contributed by atoms with Gasteiger partial charge in [-0.25, -0.2) is 17.2 Å². The van der Waals surface area contributed by atoms with Gasteiger partial charge in [-0.3, -0.25) is 13.9 Å². The fourth-order valence-corrected chi connectivity index (χ4v) is 5.09. The van der Waals surface area contributed by atoms with E-state index < -0.39 is 46.1 Å². The van der Waals surface area contributed by atoms with E-state index >= 15 is 0 Å². The van der Waals surface area contributed by atoms with Crippen LogP contribution in [0.3, 0.4) is 0 Å². The minimum atomic E-state index is -4.25. The number of rotatable bonds is 10. The summed E-state index contributed by atoms with van der Waals surface area (Å²) in [6.07, 6.45) is 0. The topological polar surface area (TPSA) is 86.8 Å². The van der Waals surface area contributed by atoms with Crippen molar-refractivity contribution < 1.29 is 26.8 Å². The number of anilines is 1. The third kappa shape index (κ3) is 6.91. The second kappa shape index (κ2) is 12.0. The van der Waals surface area contributed by atoms with Gasteiger partial charge in [-0.05, 0) is 63.2 Å². The minimum Gasteiger partial charge on any atom is -0.352 e. The van der Waals surface area contributed by atoms with Crippen LogP contribution in [0.2, 0.25) is 0 Å². The van der Waals surface area contributed by atoms with Crippen molar-refractivity contribution in [3.8, 4) is 0 Å². The Labute approximate surface area is 215 Å². The van der Waals surface area contributed by atoms with Gasteiger partial charge in [-0.1, -0.05) is 36.4 Å². The molecule has 0 fully saturated rings. The van der Waals surface area contributed by atoms with Crippen molar-refractivity contribution in [3.05, 3.63) is 96.1 Å². The first-order valence-corrected chi connectivity index (χ1v) is 13.1. The SMILES string of the molecule is CC(C)NC(=O)C(C)N(Cc1ccccc1F)C(=O)CN(c1ccc(F)cc1)S(=O)(=O)c1ccccc1. The summed E-state index contributed by atoms with van der Waals surface area (Å²) in [5, 5.41) is 2.73. The van der Waals surface area contributed by atoms with Gasteiger partial charge in [0.05, 0.1) is 10.6 Å². The third-order valence-corrected chi connectivity index (χ3v) is 7.41. The molecule has 10 heteroatoms. The number of benzene rings is 3. The molecule has 1 unspecified atom stereocenters. The Morgan fingerprint density at radius 1 is 0.865 bits per heavy atom. The number of sulfonamides is 1. The van der Waals surface area contributed by atoms with Gasteiger partial charge in [0.15, 0.2) is 0 Å². The normalized spacial score (nSPS) is 12.2. The van der Waals surface area contributed by atoms with E-state index in [1.54, 1.807) is 38.1 Å².